The zero-order valence-electron chi connectivity index (χ0n) is 10.6. The van der Waals surface area contributed by atoms with Crippen LogP contribution in [0.2, 0.25) is 0 Å². The van der Waals surface area contributed by atoms with Crippen LogP contribution in [0.25, 0.3) is 23.4 Å². The number of carboxylic acid groups (broad SMARTS) is 1. The molecule has 0 aliphatic heterocycles. The SMILES string of the molecule is O=C(O)c1ccc(-c2[nH]nc3c2C=CC=CC=C3)cc1. The minimum absolute atomic E-state index is 0.273. The van der Waals surface area contributed by atoms with E-state index in [1.807, 2.05) is 36.5 Å². The molecule has 4 heteroatoms. The van der Waals surface area contributed by atoms with Crippen LogP contribution in [-0.4, -0.2) is 21.3 Å². The summed E-state index contributed by atoms with van der Waals surface area (Å²) >= 11 is 0. The Morgan fingerprint density at radius 1 is 1.00 bits per heavy atom. The van der Waals surface area contributed by atoms with Gasteiger partial charge in [-0.05, 0) is 18.2 Å². The van der Waals surface area contributed by atoms with Crippen LogP contribution in [-0.2, 0) is 0 Å². The number of nitrogens with zero attached hydrogens (tertiary/aromatic N) is 1. The first-order chi connectivity index (χ1) is 9.75. The lowest BCUT2D eigenvalue weighted by molar-refractivity contribution is 0.0697. The van der Waals surface area contributed by atoms with E-state index in [-0.39, 0.29) is 5.56 Å². The van der Waals surface area contributed by atoms with Crippen LogP contribution in [0, 0.1) is 0 Å². The Morgan fingerprint density at radius 3 is 2.40 bits per heavy atom. The molecule has 1 heterocycles. The second-order valence-electron chi connectivity index (χ2n) is 4.38. The summed E-state index contributed by atoms with van der Waals surface area (Å²) in [6.45, 7) is 0. The molecule has 0 atom stereocenters. The summed E-state index contributed by atoms with van der Waals surface area (Å²) in [7, 11) is 0. The quantitative estimate of drug-likeness (QED) is 0.873. The van der Waals surface area contributed by atoms with Gasteiger partial charge in [0.15, 0.2) is 0 Å². The highest BCUT2D eigenvalue weighted by atomic mass is 16.4. The fourth-order valence-electron chi connectivity index (χ4n) is 2.09. The molecule has 0 spiro atoms. The maximum atomic E-state index is 10.9. The van der Waals surface area contributed by atoms with Crippen LogP contribution in [0.15, 0.2) is 48.6 Å². The summed E-state index contributed by atoms with van der Waals surface area (Å²) in [5.74, 6) is -0.926. The molecule has 1 aliphatic carbocycles. The summed E-state index contributed by atoms with van der Waals surface area (Å²) in [5, 5.41) is 16.2. The molecule has 0 saturated carbocycles. The normalized spacial score (nSPS) is 12.8. The fourth-order valence-corrected chi connectivity index (χ4v) is 2.09. The van der Waals surface area contributed by atoms with E-state index in [1.54, 1.807) is 24.3 Å². The van der Waals surface area contributed by atoms with Gasteiger partial charge >= 0.3 is 5.97 Å². The Morgan fingerprint density at radius 2 is 1.70 bits per heavy atom. The first-order valence-corrected chi connectivity index (χ1v) is 6.19. The number of aromatic nitrogens is 2. The Labute approximate surface area is 115 Å². The second kappa shape index (κ2) is 5.01. The van der Waals surface area contributed by atoms with Gasteiger partial charge in [-0.2, -0.15) is 5.10 Å². The van der Waals surface area contributed by atoms with Crippen LogP contribution in [0.3, 0.4) is 0 Å². The molecular weight excluding hydrogens is 252 g/mol. The molecule has 0 fully saturated rings. The van der Waals surface area contributed by atoms with Crippen molar-refractivity contribution in [3.05, 3.63) is 65.4 Å². The van der Waals surface area contributed by atoms with Crippen molar-refractivity contribution in [1.29, 1.82) is 0 Å². The van der Waals surface area contributed by atoms with Crippen molar-refractivity contribution in [3.8, 4) is 11.3 Å². The number of nitrogens with one attached hydrogen (secondary N) is 1. The summed E-state index contributed by atoms with van der Waals surface area (Å²) in [5.41, 5.74) is 3.92. The fraction of sp³-hybridized carbons (Fsp3) is 0. The van der Waals surface area contributed by atoms with E-state index in [1.165, 1.54) is 0 Å². The minimum Gasteiger partial charge on any atom is -0.478 e. The van der Waals surface area contributed by atoms with E-state index >= 15 is 0 Å². The standard InChI is InChI=1S/C16H12N2O2/c19-16(20)12-9-7-11(8-10-12)15-13-5-3-1-2-4-6-14(13)17-18-15/h1-10H,(H,17,18)(H,19,20). The topological polar surface area (TPSA) is 66.0 Å². The molecule has 2 N–H and O–H groups in total. The van der Waals surface area contributed by atoms with E-state index < -0.39 is 5.97 Å². The van der Waals surface area contributed by atoms with Gasteiger partial charge in [-0.25, -0.2) is 4.79 Å². The van der Waals surface area contributed by atoms with Gasteiger partial charge in [-0.1, -0.05) is 42.5 Å². The smallest absolute Gasteiger partial charge is 0.335 e. The molecule has 2 aromatic rings. The summed E-state index contributed by atoms with van der Waals surface area (Å²) < 4.78 is 0. The largest absolute Gasteiger partial charge is 0.478 e. The number of hydrogen-bond donors (Lipinski definition) is 2. The Hall–Kier alpha value is -2.88. The van der Waals surface area contributed by atoms with Crippen molar-refractivity contribution in [1.82, 2.24) is 10.2 Å². The number of fused-ring (bicyclic) bond motifs is 1. The molecule has 3 rings (SSSR count). The molecule has 0 amide bonds. The molecule has 0 saturated heterocycles. The second-order valence-corrected chi connectivity index (χ2v) is 4.38. The number of allylic oxidation sites excluding steroid dienone is 4. The van der Waals surface area contributed by atoms with Crippen LogP contribution in [0.1, 0.15) is 21.6 Å². The number of aromatic amines is 1. The highest BCUT2D eigenvalue weighted by Gasteiger charge is 2.11. The third-order valence-electron chi connectivity index (χ3n) is 3.10. The van der Waals surface area contributed by atoms with E-state index in [9.17, 15) is 4.79 Å². The monoisotopic (exact) mass is 264 g/mol. The van der Waals surface area contributed by atoms with Crippen LogP contribution < -0.4 is 0 Å². The number of rotatable bonds is 2. The number of carbonyl (C=O) groups is 1. The summed E-state index contributed by atoms with van der Waals surface area (Å²) in [6.07, 6.45) is 11.7. The molecule has 0 bridgehead atoms. The molecule has 98 valence electrons. The number of carboxylic acids is 1. The van der Waals surface area contributed by atoms with Gasteiger partial charge in [0.2, 0.25) is 0 Å². The maximum Gasteiger partial charge on any atom is 0.335 e. The van der Waals surface area contributed by atoms with E-state index in [2.05, 4.69) is 10.2 Å². The van der Waals surface area contributed by atoms with E-state index in [4.69, 9.17) is 5.11 Å². The van der Waals surface area contributed by atoms with Gasteiger partial charge in [0, 0.05) is 11.1 Å². The first-order valence-electron chi connectivity index (χ1n) is 6.19. The molecule has 0 unspecified atom stereocenters. The van der Waals surface area contributed by atoms with Crippen LogP contribution in [0.4, 0.5) is 0 Å². The third-order valence-corrected chi connectivity index (χ3v) is 3.10. The third kappa shape index (κ3) is 2.19. The van der Waals surface area contributed by atoms with Gasteiger partial charge in [-0.15, -0.1) is 0 Å². The average Bonchev–Trinajstić information content (AvgIpc) is 2.80. The van der Waals surface area contributed by atoms with Crippen LogP contribution >= 0.6 is 0 Å². The zero-order chi connectivity index (χ0) is 13.9. The lowest BCUT2D eigenvalue weighted by Crippen LogP contribution is -1.95. The number of benzene rings is 1. The average molecular weight is 264 g/mol. The van der Waals surface area contributed by atoms with Crippen molar-refractivity contribution >= 4 is 18.1 Å². The van der Waals surface area contributed by atoms with Crippen molar-refractivity contribution in [2.24, 2.45) is 0 Å². The first kappa shape index (κ1) is 12.2. The Balaban J connectivity index is 2.06. The molecule has 1 aromatic heterocycles. The predicted molar refractivity (Wildman–Crippen MR) is 78.2 cm³/mol. The van der Waals surface area contributed by atoms with Gasteiger partial charge in [-0.3, -0.25) is 5.10 Å². The summed E-state index contributed by atoms with van der Waals surface area (Å²) in [4.78, 5) is 10.9. The Bertz CT molecular complexity index is 734. The van der Waals surface area contributed by atoms with E-state index in [0.717, 1.165) is 22.5 Å². The Kier molecular flexibility index (Phi) is 3.05. The molecular formula is C16H12N2O2. The molecule has 1 aromatic carbocycles. The van der Waals surface area contributed by atoms with Crippen molar-refractivity contribution in [2.75, 3.05) is 0 Å². The van der Waals surface area contributed by atoms with Crippen molar-refractivity contribution in [2.45, 2.75) is 0 Å². The molecule has 1 aliphatic rings. The van der Waals surface area contributed by atoms with E-state index in [0.29, 0.717) is 0 Å². The van der Waals surface area contributed by atoms with Crippen LogP contribution in [0.5, 0.6) is 0 Å². The molecule has 0 radical (unpaired) electrons. The number of hydrogen-bond acceptors (Lipinski definition) is 2. The predicted octanol–water partition coefficient (Wildman–Crippen LogP) is 3.37. The number of H-pyrrole nitrogens is 1. The zero-order valence-corrected chi connectivity index (χ0v) is 10.6. The lowest BCUT2D eigenvalue weighted by Gasteiger charge is -2.02. The highest BCUT2D eigenvalue weighted by Crippen LogP contribution is 2.26. The number of aromatic carboxylic acids is 1. The summed E-state index contributed by atoms with van der Waals surface area (Å²) in [6, 6.07) is 6.74. The van der Waals surface area contributed by atoms with Gasteiger partial charge in [0.25, 0.3) is 0 Å². The molecule has 20 heavy (non-hydrogen) atoms. The van der Waals surface area contributed by atoms with Gasteiger partial charge < -0.3 is 5.11 Å². The van der Waals surface area contributed by atoms with Crippen molar-refractivity contribution < 1.29 is 9.90 Å². The van der Waals surface area contributed by atoms with Crippen molar-refractivity contribution in [3.63, 3.8) is 0 Å². The minimum atomic E-state index is -0.926. The molecule has 4 nitrogen and oxygen atoms in total. The van der Waals surface area contributed by atoms with Gasteiger partial charge in [0.1, 0.15) is 0 Å². The lowest BCUT2D eigenvalue weighted by atomic mass is 10.0. The maximum absolute atomic E-state index is 10.9. The highest BCUT2D eigenvalue weighted by molar-refractivity contribution is 5.88. The van der Waals surface area contributed by atoms with Gasteiger partial charge in [0.05, 0.1) is 17.0 Å².